The standard InChI is InChI=1S/C22H32ClN6O7P/c1-27(13-4-2-3-5-13)19-16-20(26-22(23)25-19)29(11-24-16)21-18(32)17(31)14(36-21)9-28(8-12-6-7-12)15(30)10-37(33,34)35/h11-14,17-18,21,31-32H,2-10H2,1H3,(H2,33,34,35)/t14-,17-,18-,21-/m1/s1. The van der Waals surface area contributed by atoms with Gasteiger partial charge in [-0.05, 0) is 43.2 Å². The Morgan fingerprint density at radius 3 is 2.51 bits per heavy atom. The SMILES string of the molecule is CN(c1nc(Cl)nc2c1ncn2[C@@H]1O[C@H](CN(CC2CC2)C(=O)CP(=O)(O)O)[C@@H](O)[C@H]1O)C1CCCC1. The molecule has 1 aliphatic heterocycles. The number of rotatable bonds is 9. The Labute approximate surface area is 218 Å². The molecule has 3 fully saturated rings. The molecule has 0 bridgehead atoms. The van der Waals surface area contributed by atoms with Crippen molar-refractivity contribution in [2.45, 2.75) is 69.1 Å². The molecule has 2 aromatic rings. The van der Waals surface area contributed by atoms with Crippen LogP contribution in [0.25, 0.3) is 11.2 Å². The summed E-state index contributed by atoms with van der Waals surface area (Å²) in [5.74, 6) is 0.0942. The summed E-state index contributed by atoms with van der Waals surface area (Å²) in [6, 6.07) is 0.307. The Bertz CT molecular complexity index is 1200. The number of hydrogen-bond acceptors (Lipinski definition) is 9. The fraction of sp³-hybridized carbons (Fsp3) is 0.727. The van der Waals surface area contributed by atoms with Crippen molar-refractivity contribution in [3.63, 3.8) is 0 Å². The van der Waals surface area contributed by atoms with Gasteiger partial charge in [0.1, 0.15) is 24.5 Å². The minimum Gasteiger partial charge on any atom is -0.387 e. The molecule has 4 atom stereocenters. The molecule has 13 nitrogen and oxygen atoms in total. The number of imidazole rings is 1. The minimum atomic E-state index is -4.56. The van der Waals surface area contributed by atoms with E-state index in [0.717, 1.165) is 38.5 Å². The van der Waals surface area contributed by atoms with E-state index in [0.29, 0.717) is 29.6 Å². The Morgan fingerprint density at radius 1 is 1.16 bits per heavy atom. The van der Waals surface area contributed by atoms with E-state index in [1.807, 2.05) is 11.9 Å². The zero-order valence-electron chi connectivity index (χ0n) is 20.4. The molecule has 3 heterocycles. The highest BCUT2D eigenvalue weighted by atomic mass is 35.5. The highest BCUT2D eigenvalue weighted by Crippen LogP contribution is 2.38. The fourth-order valence-corrected chi connectivity index (χ4v) is 5.98. The molecule has 3 aliphatic rings. The van der Waals surface area contributed by atoms with Gasteiger partial charge >= 0.3 is 7.60 Å². The molecule has 1 saturated heterocycles. The molecule has 15 heteroatoms. The topological polar surface area (TPSA) is 174 Å². The summed E-state index contributed by atoms with van der Waals surface area (Å²) in [6.07, 6.45) is 1.93. The molecule has 4 N–H and O–H groups in total. The molecule has 2 aliphatic carbocycles. The molecule has 37 heavy (non-hydrogen) atoms. The number of amides is 1. The van der Waals surface area contributed by atoms with Crippen molar-refractivity contribution in [3.8, 4) is 0 Å². The lowest BCUT2D eigenvalue weighted by molar-refractivity contribution is -0.132. The molecule has 0 spiro atoms. The Morgan fingerprint density at radius 2 is 1.86 bits per heavy atom. The van der Waals surface area contributed by atoms with Crippen LogP contribution >= 0.6 is 19.2 Å². The van der Waals surface area contributed by atoms with Gasteiger partial charge in [0, 0.05) is 26.2 Å². The monoisotopic (exact) mass is 558 g/mol. The second-order valence-electron chi connectivity index (χ2n) is 10.3. The summed E-state index contributed by atoms with van der Waals surface area (Å²) in [5.41, 5.74) is 0.823. The van der Waals surface area contributed by atoms with Gasteiger partial charge in [-0.25, -0.2) is 4.98 Å². The van der Waals surface area contributed by atoms with Crippen molar-refractivity contribution in [2.24, 2.45) is 5.92 Å². The Hall–Kier alpha value is -1.86. The molecule has 2 saturated carbocycles. The van der Waals surface area contributed by atoms with Crippen LogP contribution in [0, 0.1) is 5.92 Å². The first kappa shape index (κ1) is 26.7. The predicted octanol–water partition coefficient (Wildman–Crippen LogP) is 0.894. The number of carbonyl (C=O) groups excluding carboxylic acids is 1. The second kappa shape index (κ2) is 10.4. The van der Waals surface area contributed by atoms with Crippen LogP contribution in [-0.2, 0) is 14.1 Å². The van der Waals surface area contributed by atoms with Crippen molar-refractivity contribution < 1.29 is 34.1 Å². The van der Waals surface area contributed by atoms with E-state index < -0.39 is 44.2 Å². The number of nitrogens with zero attached hydrogens (tertiary/aromatic N) is 6. The average Bonchev–Trinajstić information content (AvgIpc) is 3.19. The summed E-state index contributed by atoms with van der Waals surface area (Å²) in [6.45, 7) is 0.183. The second-order valence-corrected chi connectivity index (χ2v) is 12.3. The van der Waals surface area contributed by atoms with Crippen LogP contribution in [0.15, 0.2) is 6.33 Å². The minimum absolute atomic E-state index is 0.0114. The summed E-state index contributed by atoms with van der Waals surface area (Å²) < 4.78 is 18.9. The van der Waals surface area contributed by atoms with E-state index in [2.05, 4.69) is 15.0 Å². The maximum Gasteiger partial charge on any atom is 0.334 e. The summed E-state index contributed by atoms with van der Waals surface area (Å²) in [4.78, 5) is 47.7. The molecule has 5 rings (SSSR count). The average molecular weight is 559 g/mol. The van der Waals surface area contributed by atoms with Crippen LogP contribution in [0.1, 0.15) is 44.8 Å². The molecule has 204 valence electrons. The first-order valence-corrected chi connectivity index (χ1v) is 14.7. The van der Waals surface area contributed by atoms with Gasteiger partial charge in [0.15, 0.2) is 23.2 Å². The van der Waals surface area contributed by atoms with Gasteiger partial charge in [-0.3, -0.25) is 13.9 Å². The summed E-state index contributed by atoms with van der Waals surface area (Å²) in [5, 5.41) is 21.7. The van der Waals surface area contributed by atoms with E-state index in [1.165, 1.54) is 15.8 Å². The van der Waals surface area contributed by atoms with Crippen molar-refractivity contribution >= 4 is 42.1 Å². The maximum atomic E-state index is 12.6. The van der Waals surface area contributed by atoms with Crippen molar-refractivity contribution in [3.05, 3.63) is 11.6 Å². The van der Waals surface area contributed by atoms with E-state index in [9.17, 15) is 29.4 Å². The largest absolute Gasteiger partial charge is 0.387 e. The van der Waals surface area contributed by atoms with E-state index in [4.69, 9.17) is 16.3 Å². The number of aliphatic hydroxyl groups is 2. The van der Waals surface area contributed by atoms with Gasteiger partial charge < -0.3 is 34.5 Å². The summed E-state index contributed by atoms with van der Waals surface area (Å²) >= 11 is 6.26. The maximum absolute atomic E-state index is 12.6. The van der Waals surface area contributed by atoms with Gasteiger partial charge in [-0.1, -0.05) is 12.8 Å². The zero-order valence-corrected chi connectivity index (χ0v) is 22.1. The quantitative estimate of drug-likeness (QED) is 0.254. The smallest absolute Gasteiger partial charge is 0.334 e. The van der Waals surface area contributed by atoms with Crippen LogP contribution in [-0.4, -0.2) is 101 Å². The van der Waals surface area contributed by atoms with Crippen molar-refractivity contribution in [2.75, 3.05) is 31.2 Å². The highest BCUT2D eigenvalue weighted by molar-refractivity contribution is 7.52. The number of ether oxygens (including phenoxy) is 1. The van der Waals surface area contributed by atoms with Gasteiger partial charge in [0.2, 0.25) is 11.2 Å². The summed E-state index contributed by atoms with van der Waals surface area (Å²) in [7, 11) is -2.62. The van der Waals surface area contributed by atoms with Crippen LogP contribution in [0.5, 0.6) is 0 Å². The molecule has 0 aromatic carbocycles. The van der Waals surface area contributed by atoms with Gasteiger partial charge in [-0.2, -0.15) is 9.97 Å². The first-order valence-electron chi connectivity index (χ1n) is 12.5. The van der Waals surface area contributed by atoms with Crippen LogP contribution in [0.4, 0.5) is 5.82 Å². The van der Waals surface area contributed by atoms with E-state index in [1.54, 1.807) is 0 Å². The number of carbonyl (C=O) groups is 1. The molecular formula is C22H32ClN6O7P. The number of aliphatic hydroxyl groups excluding tert-OH is 2. The molecule has 0 radical (unpaired) electrons. The lowest BCUT2D eigenvalue weighted by Crippen LogP contribution is -2.44. The lowest BCUT2D eigenvalue weighted by atomic mass is 10.1. The molecule has 1 amide bonds. The zero-order chi connectivity index (χ0) is 26.5. The van der Waals surface area contributed by atoms with Gasteiger partial charge in [0.05, 0.1) is 6.33 Å². The van der Waals surface area contributed by atoms with Gasteiger partial charge in [0.25, 0.3) is 0 Å². The number of fused-ring (bicyclic) bond motifs is 1. The number of aromatic nitrogens is 4. The molecular weight excluding hydrogens is 527 g/mol. The van der Waals surface area contributed by atoms with Crippen LogP contribution in [0.3, 0.4) is 0 Å². The third kappa shape index (κ3) is 5.78. The first-order chi connectivity index (χ1) is 17.5. The Balaban J connectivity index is 1.38. The number of anilines is 1. The fourth-order valence-electron chi connectivity index (χ4n) is 5.27. The van der Waals surface area contributed by atoms with Gasteiger partial charge in [-0.15, -0.1) is 0 Å². The lowest BCUT2D eigenvalue weighted by Gasteiger charge is -2.27. The van der Waals surface area contributed by atoms with Crippen molar-refractivity contribution in [1.82, 2.24) is 24.4 Å². The molecule has 0 unspecified atom stereocenters. The Kier molecular flexibility index (Phi) is 7.49. The van der Waals surface area contributed by atoms with Crippen molar-refractivity contribution in [1.29, 1.82) is 0 Å². The number of halogens is 1. The van der Waals surface area contributed by atoms with Crippen LogP contribution < -0.4 is 4.90 Å². The number of hydrogen-bond donors (Lipinski definition) is 4. The highest BCUT2D eigenvalue weighted by Gasteiger charge is 2.46. The third-order valence-corrected chi connectivity index (χ3v) is 8.31. The third-order valence-electron chi connectivity index (χ3n) is 7.46. The predicted molar refractivity (Wildman–Crippen MR) is 133 cm³/mol. The molecule has 2 aromatic heterocycles. The van der Waals surface area contributed by atoms with Crippen LogP contribution in [0.2, 0.25) is 5.28 Å². The normalized spacial score (nSPS) is 26.8. The van der Waals surface area contributed by atoms with E-state index in [-0.39, 0.29) is 17.7 Å². The van der Waals surface area contributed by atoms with E-state index >= 15 is 0 Å².